The van der Waals surface area contributed by atoms with Crippen molar-refractivity contribution in [1.29, 1.82) is 0 Å². The number of aromatic carboxylic acids is 1. The van der Waals surface area contributed by atoms with Crippen molar-refractivity contribution < 1.29 is 14.7 Å². The Hall–Kier alpha value is -1.43. The van der Waals surface area contributed by atoms with E-state index in [1.807, 2.05) is 0 Å². The fraction of sp³-hybridized carbons (Fsp3) is 0.706. The topological polar surface area (TPSA) is 79.3 Å². The number of nitrogens with zero attached hydrogens (tertiary/aromatic N) is 1. The first-order valence-electron chi connectivity index (χ1n) is 8.19. The molecular weight excluding hydrogens is 312 g/mol. The predicted octanol–water partition coefficient (Wildman–Crippen LogP) is 3.35. The second kappa shape index (κ2) is 7.43. The van der Waals surface area contributed by atoms with Crippen LogP contribution in [-0.4, -0.2) is 28.5 Å². The summed E-state index contributed by atoms with van der Waals surface area (Å²) in [7, 11) is 0. The van der Waals surface area contributed by atoms with E-state index in [0.29, 0.717) is 36.6 Å². The van der Waals surface area contributed by atoms with Crippen LogP contribution in [0.5, 0.6) is 0 Å². The highest BCUT2D eigenvalue weighted by molar-refractivity contribution is 7.09. The summed E-state index contributed by atoms with van der Waals surface area (Å²) in [5, 5.41) is 14.0. The summed E-state index contributed by atoms with van der Waals surface area (Å²) in [5.41, 5.74) is 0.409. The molecule has 0 bridgehead atoms. The van der Waals surface area contributed by atoms with E-state index in [1.54, 1.807) is 0 Å². The molecule has 0 saturated heterocycles. The summed E-state index contributed by atoms with van der Waals surface area (Å²) in [4.78, 5) is 26.9. The molecule has 2 rings (SSSR count). The van der Waals surface area contributed by atoms with Crippen molar-refractivity contribution in [2.75, 3.05) is 6.54 Å². The van der Waals surface area contributed by atoms with Gasteiger partial charge in [-0.2, -0.15) is 0 Å². The summed E-state index contributed by atoms with van der Waals surface area (Å²) in [6.45, 7) is 7.36. The molecule has 23 heavy (non-hydrogen) atoms. The lowest BCUT2D eigenvalue weighted by molar-refractivity contribution is -0.122. The molecular formula is C17H26N2O3S. The van der Waals surface area contributed by atoms with Gasteiger partial charge in [0.2, 0.25) is 5.91 Å². The summed E-state index contributed by atoms with van der Waals surface area (Å²) in [5.74, 6) is 0.231. The van der Waals surface area contributed by atoms with Crippen molar-refractivity contribution in [3.05, 3.63) is 16.1 Å². The van der Waals surface area contributed by atoms with E-state index in [9.17, 15) is 9.59 Å². The Labute approximate surface area is 141 Å². The molecule has 128 valence electrons. The Morgan fingerprint density at radius 1 is 1.43 bits per heavy atom. The molecule has 0 aromatic carbocycles. The zero-order valence-electron chi connectivity index (χ0n) is 14.1. The van der Waals surface area contributed by atoms with Gasteiger partial charge in [-0.05, 0) is 36.5 Å². The molecule has 1 fully saturated rings. The molecule has 1 aliphatic rings. The Kier molecular flexibility index (Phi) is 5.79. The van der Waals surface area contributed by atoms with Crippen molar-refractivity contribution in [2.24, 2.45) is 17.3 Å². The first kappa shape index (κ1) is 17.9. The first-order valence-corrected chi connectivity index (χ1v) is 9.07. The fourth-order valence-electron chi connectivity index (χ4n) is 3.87. The quantitative estimate of drug-likeness (QED) is 0.833. The second-order valence-electron chi connectivity index (χ2n) is 7.52. The van der Waals surface area contributed by atoms with Crippen LogP contribution < -0.4 is 5.32 Å². The van der Waals surface area contributed by atoms with Gasteiger partial charge in [0.15, 0.2) is 5.69 Å². The maximum Gasteiger partial charge on any atom is 0.355 e. The lowest BCUT2D eigenvalue weighted by Crippen LogP contribution is -2.33. The van der Waals surface area contributed by atoms with Crippen LogP contribution in [0.15, 0.2) is 5.38 Å². The predicted molar refractivity (Wildman–Crippen MR) is 90.7 cm³/mol. The third-order valence-electron chi connectivity index (χ3n) is 4.38. The lowest BCUT2D eigenvalue weighted by Gasteiger charge is -2.38. The summed E-state index contributed by atoms with van der Waals surface area (Å²) in [6.07, 6.45) is 4.65. The highest BCUT2D eigenvalue weighted by Gasteiger charge is 2.32. The Balaban J connectivity index is 1.73. The van der Waals surface area contributed by atoms with Gasteiger partial charge in [0.1, 0.15) is 0 Å². The Bertz CT molecular complexity index is 568. The van der Waals surface area contributed by atoms with Crippen LogP contribution in [-0.2, 0) is 11.2 Å². The number of hydrogen-bond acceptors (Lipinski definition) is 4. The van der Waals surface area contributed by atoms with Gasteiger partial charge in [0.05, 0.1) is 5.01 Å². The van der Waals surface area contributed by atoms with E-state index in [0.717, 1.165) is 17.8 Å². The molecule has 1 amide bonds. The van der Waals surface area contributed by atoms with E-state index in [4.69, 9.17) is 5.11 Å². The third-order valence-corrected chi connectivity index (χ3v) is 5.29. The van der Waals surface area contributed by atoms with Crippen LogP contribution >= 0.6 is 11.3 Å². The zero-order valence-corrected chi connectivity index (χ0v) is 14.9. The van der Waals surface area contributed by atoms with Gasteiger partial charge in [-0.1, -0.05) is 20.8 Å². The third kappa shape index (κ3) is 5.61. The van der Waals surface area contributed by atoms with Crippen molar-refractivity contribution in [3.8, 4) is 0 Å². The van der Waals surface area contributed by atoms with Crippen LogP contribution in [0, 0.1) is 17.3 Å². The number of carbonyl (C=O) groups is 2. The van der Waals surface area contributed by atoms with E-state index in [1.165, 1.54) is 23.1 Å². The first-order chi connectivity index (χ1) is 10.7. The highest BCUT2D eigenvalue weighted by Crippen LogP contribution is 2.42. The van der Waals surface area contributed by atoms with Crippen molar-refractivity contribution in [2.45, 2.75) is 52.9 Å². The Morgan fingerprint density at radius 3 is 2.78 bits per heavy atom. The second-order valence-corrected chi connectivity index (χ2v) is 8.46. The molecule has 2 N–H and O–H groups in total. The fourth-order valence-corrected chi connectivity index (χ4v) is 4.64. The SMILES string of the molecule is CC1CC(CC(=O)NCCc2nc(C(=O)O)cs2)CC(C)(C)C1. The lowest BCUT2D eigenvalue weighted by atomic mass is 9.67. The monoisotopic (exact) mass is 338 g/mol. The number of rotatable bonds is 6. The van der Waals surface area contributed by atoms with Gasteiger partial charge in [-0.15, -0.1) is 11.3 Å². The van der Waals surface area contributed by atoms with Crippen LogP contribution in [0.3, 0.4) is 0 Å². The number of hydrogen-bond donors (Lipinski definition) is 2. The molecule has 2 atom stereocenters. The molecule has 2 unspecified atom stereocenters. The molecule has 1 saturated carbocycles. The van der Waals surface area contributed by atoms with E-state index in [-0.39, 0.29) is 11.6 Å². The number of carbonyl (C=O) groups excluding carboxylic acids is 1. The van der Waals surface area contributed by atoms with Gasteiger partial charge in [-0.3, -0.25) is 4.79 Å². The number of amides is 1. The molecule has 1 heterocycles. The smallest absolute Gasteiger partial charge is 0.355 e. The zero-order chi connectivity index (χ0) is 17.0. The average molecular weight is 338 g/mol. The van der Waals surface area contributed by atoms with Gasteiger partial charge < -0.3 is 10.4 Å². The van der Waals surface area contributed by atoms with Crippen LogP contribution in [0.4, 0.5) is 0 Å². The maximum atomic E-state index is 12.1. The molecule has 0 aliphatic heterocycles. The number of thiazole rings is 1. The summed E-state index contributed by atoms with van der Waals surface area (Å²) < 4.78 is 0. The minimum atomic E-state index is -1.01. The molecule has 1 aliphatic carbocycles. The van der Waals surface area contributed by atoms with Crippen LogP contribution in [0.25, 0.3) is 0 Å². The summed E-state index contributed by atoms with van der Waals surface area (Å²) >= 11 is 1.32. The maximum absolute atomic E-state index is 12.1. The number of nitrogens with one attached hydrogen (secondary N) is 1. The molecule has 0 radical (unpaired) electrons. The van der Waals surface area contributed by atoms with Gasteiger partial charge in [0, 0.05) is 24.8 Å². The molecule has 6 heteroatoms. The number of carboxylic acid groups (broad SMARTS) is 1. The minimum Gasteiger partial charge on any atom is -0.476 e. The van der Waals surface area contributed by atoms with Crippen LogP contribution in [0.2, 0.25) is 0 Å². The van der Waals surface area contributed by atoms with E-state index in [2.05, 4.69) is 31.1 Å². The van der Waals surface area contributed by atoms with Crippen molar-refractivity contribution in [3.63, 3.8) is 0 Å². The normalized spacial score (nSPS) is 23.4. The van der Waals surface area contributed by atoms with Gasteiger partial charge in [0.25, 0.3) is 0 Å². The van der Waals surface area contributed by atoms with Crippen LogP contribution in [0.1, 0.15) is 62.0 Å². The van der Waals surface area contributed by atoms with Gasteiger partial charge >= 0.3 is 5.97 Å². The van der Waals surface area contributed by atoms with E-state index < -0.39 is 5.97 Å². The largest absolute Gasteiger partial charge is 0.476 e. The summed E-state index contributed by atoms with van der Waals surface area (Å²) in [6, 6.07) is 0. The van der Waals surface area contributed by atoms with E-state index >= 15 is 0 Å². The minimum absolute atomic E-state index is 0.0785. The number of carboxylic acids is 1. The molecule has 1 aromatic heterocycles. The highest BCUT2D eigenvalue weighted by atomic mass is 32.1. The molecule has 5 nitrogen and oxygen atoms in total. The van der Waals surface area contributed by atoms with Gasteiger partial charge in [-0.25, -0.2) is 9.78 Å². The molecule has 0 spiro atoms. The average Bonchev–Trinajstić information content (AvgIpc) is 2.85. The number of aromatic nitrogens is 1. The van der Waals surface area contributed by atoms with Crippen molar-refractivity contribution in [1.82, 2.24) is 10.3 Å². The standard InChI is InChI=1S/C17H26N2O3S/c1-11-6-12(9-17(2,3)8-11)7-14(20)18-5-4-15-19-13(10-23-15)16(21)22/h10-12H,4-9H2,1-3H3,(H,18,20)(H,21,22). The Morgan fingerprint density at radius 2 is 2.17 bits per heavy atom. The van der Waals surface area contributed by atoms with Crippen molar-refractivity contribution >= 4 is 23.2 Å². The molecule has 1 aromatic rings.